The number of benzene rings is 1. The van der Waals surface area contributed by atoms with E-state index in [1.54, 1.807) is 12.4 Å². The Bertz CT molecular complexity index is 899. The predicted molar refractivity (Wildman–Crippen MR) is 107 cm³/mol. The third-order valence-electron chi connectivity index (χ3n) is 6.02. The number of ether oxygens (including phenoxy) is 1. The Morgan fingerprint density at radius 2 is 1.84 bits per heavy atom. The minimum atomic E-state index is -1.87. The first kappa shape index (κ1) is 21.5. The van der Waals surface area contributed by atoms with E-state index >= 15 is 4.39 Å². The second kappa shape index (κ2) is 9.21. The fourth-order valence-corrected chi connectivity index (χ4v) is 4.16. The number of halogens is 3. The molecular formula is C22H25F3N4O2. The van der Waals surface area contributed by atoms with Crippen LogP contribution >= 0.6 is 0 Å². The molecule has 0 bridgehead atoms. The fraction of sp³-hybridized carbons (Fsp3) is 0.500. The Labute approximate surface area is 179 Å². The lowest BCUT2D eigenvalue weighted by Gasteiger charge is -2.40. The number of amides is 1. The third kappa shape index (κ3) is 4.98. The number of piperidine rings is 2. The van der Waals surface area contributed by atoms with Crippen molar-refractivity contribution >= 4 is 5.91 Å². The Balaban J connectivity index is 1.27. The van der Waals surface area contributed by atoms with Crippen LogP contribution in [0.4, 0.5) is 13.2 Å². The number of likely N-dealkylation sites (tertiary alicyclic amines) is 2. The molecule has 0 radical (unpaired) electrons. The van der Waals surface area contributed by atoms with E-state index in [1.807, 2.05) is 6.07 Å². The fourth-order valence-electron chi connectivity index (χ4n) is 4.16. The smallest absolute Gasteiger partial charge is 0.260 e. The van der Waals surface area contributed by atoms with Crippen LogP contribution in [0, 0.1) is 11.6 Å². The SMILES string of the molecule is O=C(N1CCC(Oc2cccc(F)c2F)CC1)C1(F)CCN(Cc2ccnnc2)CC1. The molecule has 1 aromatic carbocycles. The molecule has 31 heavy (non-hydrogen) atoms. The van der Waals surface area contributed by atoms with Crippen LogP contribution in [0.1, 0.15) is 31.2 Å². The van der Waals surface area contributed by atoms with E-state index < -0.39 is 23.2 Å². The quantitative estimate of drug-likeness (QED) is 0.724. The minimum Gasteiger partial charge on any atom is -0.487 e. The van der Waals surface area contributed by atoms with E-state index in [0.29, 0.717) is 45.6 Å². The van der Waals surface area contributed by atoms with Gasteiger partial charge in [-0.15, -0.1) is 0 Å². The molecule has 0 spiro atoms. The van der Waals surface area contributed by atoms with Crippen LogP contribution in [0.5, 0.6) is 5.75 Å². The van der Waals surface area contributed by atoms with Crippen LogP contribution in [0.25, 0.3) is 0 Å². The van der Waals surface area contributed by atoms with Crippen molar-refractivity contribution in [1.82, 2.24) is 20.0 Å². The largest absolute Gasteiger partial charge is 0.487 e. The number of carbonyl (C=O) groups excluding carboxylic acids is 1. The van der Waals surface area contributed by atoms with Crippen molar-refractivity contribution in [2.24, 2.45) is 0 Å². The van der Waals surface area contributed by atoms with E-state index in [9.17, 15) is 13.6 Å². The molecule has 9 heteroatoms. The molecule has 0 atom stereocenters. The summed E-state index contributed by atoms with van der Waals surface area (Å²) in [5.74, 6) is -2.59. The van der Waals surface area contributed by atoms with Crippen LogP contribution in [-0.4, -0.2) is 63.9 Å². The summed E-state index contributed by atoms with van der Waals surface area (Å²) < 4.78 is 48.2. The number of hydrogen-bond donors (Lipinski definition) is 0. The highest BCUT2D eigenvalue weighted by atomic mass is 19.2. The number of rotatable bonds is 5. The molecule has 2 saturated heterocycles. The lowest BCUT2D eigenvalue weighted by atomic mass is 9.90. The summed E-state index contributed by atoms with van der Waals surface area (Å²) in [5, 5.41) is 7.60. The van der Waals surface area contributed by atoms with E-state index in [0.717, 1.165) is 11.6 Å². The number of alkyl halides is 1. The van der Waals surface area contributed by atoms with Crippen LogP contribution in [0.15, 0.2) is 36.7 Å². The average Bonchev–Trinajstić information content (AvgIpc) is 2.79. The van der Waals surface area contributed by atoms with E-state index in [1.165, 1.54) is 17.0 Å². The zero-order valence-electron chi connectivity index (χ0n) is 17.1. The topological polar surface area (TPSA) is 58.6 Å². The molecule has 166 valence electrons. The zero-order chi connectivity index (χ0) is 21.8. The standard InChI is InChI=1S/C22H25F3N4O2/c23-18-2-1-3-19(20(18)24)31-17-5-10-29(11-6-17)21(30)22(25)7-12-28(13-8-22)15-16-4-9-26-27-14-16/h1-4,9,14,17H,5-8,10-13,15H2. The molecule has 4 rings (SSSR count). The predicted octanol–water partition coefficient (Wildman–Crippen LogP) is 3.13. The summed E-state index contributed by atoms with van der Waals surface area (Å²) in [4.78, 5) is 16.5. The highest BCUT2D eigenvalue weighted by molar-refractivity contribution is 5.85. The Kier molecular flexibility index (Phi) is 6.41. The van der Waals surface area contributed by atoms with Gasteiger partial charge in [-0.3, -0.25) is 9.69 Å². The van der Waals surface area contributed by atoms with Gasteiger partial charge in [0.1, 0.15) is 6.10 Å². The van der Waals surface area contributed by atoms with Crippen molar-refractivity contribution in [2.45, 2.75) is 44.0 Å². The molecule has 1 aromatic heterocycles. The van der Waals surface area contributed by atoms with Gasteiger partial charge in [-0.25, -0.2) is 8.78 Å². The van der Waals surface area contributed by atoms with Crippen molar-refractivity contribution in [3.63, 3.8) is 0 Å². The normalized spacial score (nSPS) is 19.9. The summed E-state index contributed by atoms with van der Waals surface area (Å²) in [6.45, 7) is 2.29. The first-order chi connectivity index (χ1) is 14.9. The third-order valence-corrected chi connectivity index (χ3v) is 6.02. The summed E-state index contributed by atoms with van der Waals surface area (Å²) in [5.41, 5.74) is -0.862. The second-order valence-corrected chi connectivity index (χ2v) is 8.15. The van der Waals surface area contributed by atoms with E-state index in [-0.39, 0.29) is 24.7 Å². The number of hydrogen-bond acceptors (Lipinski definition) is 5. The molecular weight excluding hydrogens is 409 g/mol. The van der Waals surface area contributed by atoms with Crippen LogP contribution in [0.2, 0.25) is 0 Å². The molecule has 6 nitrogen and oxygen atoms in total. The number of aromatic nitrogens is 2. The Morgan fingerprint density at radius 3 is 2.52 bits per heavy atom. The summed E-state index contributed by atoms with van der Waals surface area (Å²) >= 11 is 0. The molecule has 0 unspecified atom stereocenters. The molecule has 2 aliphatic rings. The van der Waals surface area contributed by atoms with Gasteiger partial charge in [0.2, 0.25) is 5.82 Å². The highest BCUT2D eigenvalue weighted by Crippen LogP contribution is 2.31. The van der Waals surface area contributed by atoms with Crippen molar-refractivity contribution < 1.29 is 22.7 Å². The van der Waals surface area contributed by atoms with Crippen LogP contribution < -0.4 is 4.74 Å². The average molecular weight is 434 g/mol. The van der Waals surface area contributed by atoms with E-state index in [2.05, 4.69) is 15.1 Å². The molecule has 0 aliphatic carbocycles. The van der Waals surface area contributed by atoms with Gasteiger partial charge in [0.25, 0.3) is 5.91 Å². The highest BCUT2D eigenvalue weighted by Gasteiger charge is 2.44. The monoisotopic (exact) mass is 434 g/mol. The lowest BCUT2D eigenvalue weighted by molar-refractivity contribution is -0.149. The Morgan fingerprint density at radius 1 is 1.10 bits per heavy atom. The molecule has 3 heterocycles. The van der Waals surface area contributed by atoms with Gasteiger partial charge in [-0.05, 0) is 23.8 Å². The number of carbonyl (C=O) groups is 1. The number of nitrogens with zero attached hydrogens (tertiary/aromatic N) is 4. The maximum absolute atomic E-state index is 15.4. The van der Waals surface area contributed by atoms with Crippen LogP contribution in [-0.2, 0) is 11.3 Å². The van der Waals surface area contributed by atoms with Gasteiger partial charge in [0, 0.05) is 64.6 Å². The van der Waals surface area contributed by atoms with Gasteiger partial charge in [-0.1, -0.05) is 6.07 Å². The molecule has 2 fully saturated rings. The van der Waals surface area contributed by atoms with Crippen molar-refractivity contribution in [3.05, 3.63) is 53.9 Å². The van der Waals surface area contributed by atoms with Crippen LogP contribution in [0.3, 0.4) is 0 Å². The van der Waals surface area contributed by atoms with Gasteiger partial charge >= 0.3 is 0 Å². The van der Waals surface area contributed by atoms with Gasteiger partial charge < -0.3 is 9.64 Å². The molecule has 2 aromatic rings. The van der Waals surface area contributed by atoms with E-state index in [4.69, 9.17) is 4.74 Å². The Hall–Kier alpha value is -2.68. The molecule has 0 saturated carbocycles. The lowest BCUT2D eigenvalue weighted by Crippen LogP contribution is -2.54. The molecule has 0 N–H and O–H groups in total. The minimum absolute atomic E-state index is 0.136. The maximum Gasteiger partial charge on any atom is 0.260 e. The van der Waals surface area contributed by atoms with Crippen molar-refractivity contribution in [3.8, 4) is 5.75 Å². The molecule has 2 aliphatic heterocycles. The first-order valence-electron chi connectivity index (χ1n) is 10.5. The second-order valence-electron chi connectivity index (χ2n) is 8.15. The zero-order valence-corrected chi connectivity index (χ0v) is 17.1. The van der Waals surface area contributed by atoms with Gasteiger partial charge in [0.05, 0.1) is 6.20 Å². The van der Waals surface area contributed by atoms with Gasteiger partial charge in [0.15, 0.2) is 17.2 Å². The summed E-state index contributed by atoms with van der Waals surface area (Å²) in [6.07, 6.45) is 4.15. The van der Waals surface area contributed by atoms with Crippen molar-refractivity contribution in [1.29, 1.82) is 0 Å². The summed E-state index contributed by atoms with van der Waals surface area (Å²) in [6, 6.07) is 5.67. The summed E-state index contributed by atoms with van der Waals surface area (Å²) in [7, 11) is 0. The first-order valence-corrected chi connectivity index (χ1v) is 10.5. The molecule has 1 amide bonds. The van der Waals surface area contributed by atoms with Crippen molar-refractivity contribution in [2.75, 3.05) is 26.2 Å². The maximum atomic E-state index is 15.4. The van der Waals surface area contributed by atoms with Gasteiger partial charge in [-0.2, -0.15) is 14.6 Å².